The van der Waals surface area contributed by atoms with Crippen LogP contribution in [0.5, 0.6) is 0 Å². The number of pyridine rings is 1. The van der Waals surface area contributed by atoms with Crippen molar-refractivity contribution in [3.63, 3.8) is 0 Å². The average molecular weight is 354 g/mol. The van der Waals surface area contributed by atoms with Crippen molar-refractivity contribution in [1.29, 1.82) is 0 Å². The minimum absolute atomic E-state index is 0.157. The lowest BCUT2D eigenvalue weighted by molar-refractivity contribution is 0.0601. The van der Waals surface area contributed by atoms with Gasteiger partial charge in [0.15, 0.2) is 0 Å². The molecule has 6 nitrogen and oxygen atoms in total. The minimum Gasteiger partial charge on any atom is -0.465 e. The third kappa shape index (κ3) is 2.22. The molecule has 0 aliphatic heterocycles. The molecule has 0 saturated heterocycles. The quantitative estimate of drug-likeness (QED) is 0.272. The van der Waals surface area contributed by atoms with E-state index in [1.54, 1.807) is 12.1 Å². The molecule has 0 spiro atoms. The average Bonchev–Trinajstić information content (AvgIpc) is 2.38. The van der Waals surface area contributed by atoms with E-state index in [9.17, 15) is 4.79 Å². The molecule has 1 heterocycles. The summed E-state index contributed by atoms with van der Waals surface area (Å²) < 4.78 is 5.60. The van der Waals surface area contributed by atoms with Crippen LogP contribution in [0.2, 0.25) is 0 Å². The van der Waals surface area contributed by atoms with E-state index in [0.717, 1.165) is 3.57 Å². The van der Waals surface area contributed by atoms with Gasteiger partial charge in [0.05, 0.1) is 23.9 Å². The largest absolute Gasteiger partial charge is 0.465 e. The van der Waals surface area contributed by atoms with Crippen molar-refractivity contribution in [2.75, 3.05) is 7.11 Å². The molecule has 0 saturated carbocycles. The third-order valence-electron chi connectivity index (χ3n) is 2.35. The van der Waals surface area contributed by atoms with Crippen LogP contribution in [-0.2, 0) is 4.74 Å². The molecule has 0 atom stereocenters. The molecule has 90 valence electrons. The van der Waals surface area contributed by atoms with Crippen molar-refractivity contribution in [3.05, 3.63) is 44.0 Å². The van der Waals surface area contributed by atoms with Gasteiger partial charge in [0.2, 0.25) is 0 Å². The Balaban J connectivity index is 2.84. The number of benzene rings is 1. The Bertz CT molecular complexity index is 680. The second-order valence-corrected chi connectivity index (χ2v) is 4.61. The smallest absolute Gasteiger partial charge is 0.339 e. The highest BCUT2D eigenvalue weighted by Crippen LogP contribution is 2.30. The van der Waals surface area contributed by atoms with Gasteiger partial charge in [-0.2, -0.15) is 0 Å². The summed E-state index contributed by atoms with van der Waals surface area (Å²) in [5.74, 6) is -0.578. The molecule has 0 bridgehead atoms. The number of rotatable bonds is 2. The molecule has 0 radical (unpaired) electrons. The first-order chi connectivity index (χ1) is 8.67. The maximum atomic E-state index is 11.6. The molecule has 0 aliphatic carbocycles. The molecule has 1 aromatic carbocycles. The van der Waals surface area contributed by atoms with Gasteiger partial charge in [-0.15, -0.1) is 0 Å². The number of hydrogen-bond donors (Lipinski definition) is 0. The summed E-state index contributed by atoms with van der Waals surface area (Å²) in [6.45, 7) is 0. The topological polar surface area (TPSA) is 88.0 Å². The zero-order valence-electron chi connectivity index (χ0n) is 9.29. The van der Waals surface area contributed by atoms with Gasteiger partial charge >= 0.3 is 5.97 Å². The Morgan fingerprint density at radius 1 is 1.56 bits per heavy atom. The zero-order valence-corrected chi connectivity index (χ0v) is 11.5. The summed E-state index contributed by atoms with van der Waals surface area (Å²) in [5.41, 5.74) is 9.67. The molecule has 0 N–H and O–H groups in total. The molecule has 0 fully saturated rings. The maximum absolute atomic E-state index is 11.6. The second kappa shape index (κ2) is 5.19. The lowest BCUT2D eigenvalue weighted by Gasteiger charge is -2.06. The van der Waals surface area contributed by atoms with Crippen LogP contribution in [0.15, 0.2) is 29.5 Å². The number of hydrogen-bond acceptors (Lipinski definition) is 4. The summed E-state index contributed by atoms with van der Waals surface area (Å²) >= 11 is 2.13. The minimum atomic E-state index is -0.578. The van der Waals surface area contributed by atoms with Crippen molar-refractivity contribution in [1.82, 2.24) is 4.98 Å². The first-order valence-electron chi connectivity index (χ1n) is 4.89. The number of methoxy groups -OCH3 is 1. The van der Waals surface area contributed by atoms with Crippen LogP contribution in [0.3, 0.4) is 0 Å². The SMILES string of the molecule is COC(=O)c1cnc2ccc(I)cc2c1N=[N+]=[N-]. The molecular formula is C11H7IN4O2. The van der Waals surface area contributed by atoms with Crippen LogP contribution in [0.4, 0.5) is 5.69 Å². The van der Waals surface area contributed by atoms with Crippen LogP contribution < -0.4 is 0 Å². The van der Waals surface area contributed by atoms with E-state index >= 15 is 0 Å². The summed E-state index contributed by atoms with van der Waals surface area (Å²) in [6.07, 6.45) is 1.35. The van der Waals surface area contributed by atoms with Gasteiger partial charge < -0.3 is 4.74 Å². The second-order valence-electron chi connectivity index (χ2n) is 3.36. The standard InChI is InChI=1S/C11H7IN4O2/c1-18-11(17)8-5-14-9-3-2-6(12)4-7(9)10(8)15-16-13/h2-5H,1H3. The number of fused-ring (bicyclic) bond motifs is 1. The van der Waals surface area contributed by atoms with Gasteiger partial charge in [-0.1, -0.05) is 5.11 Å². The Morgan fingerprint density at radius 3 is 3.00 bits per heavy atom. The predicted molar refractivity (Wildman–Crippen MR) is 74.6 cm³/mol. The van der Waals surface area contributed by atoms with Crippen LogP contribution in [-0.4, -0.2) is 18.1 Å². The number of carbonyl (C=O) groups excluding carboxylic acids is 1. The Labute approximate surface area is 116 Å². The van der Waals surface area contributed by atoms with E-state index in [4.69, 9.17) is 5.53 Å². The first kappa shape index (κ1) is 12.6. The van der Waals surface area contributed by atoms with Crippen LogP contribution in [0.25, 0.3) is 21.3 Å². The maximum Gasteiger partial charge on any atom is 0.339 e. The van der Waals surface area contributed by atoms with Gasteiger partial charge in [0, 0.05) is 20.1 Å². The van der Waals surface area contributed by atoms with Crippen molar-refractivity contribution in [2.24, 2.45) is 5.11 Å². The molecule has 18 heavy (non-hydrogen) atoms. The molecule has 0 amide bonds. The fourth-order valence-electron chi connectivity index (χ4n) is 1.56. The van der Waals surface area contributed by atoms with Gasteiger partial charge in [0.25, 0.3) is 0 Å². The molecular weight excluding hydrogens is 347 g/mol. The van der Waals surface area contributed by atoms with Gasteiger partial charge in [0.1, 0.15) is 0 Å². The predicted octanol–water partition coefficient (Wildman–Crippen LogP) is 3.57. The van der Waals surface area contributed by atoms with E-state index < -0.39 is 5.97 Å². The van der Waals surface area contributed by atoms with Crippen molar-refractivity contribution in [3.8, 4) is 0 Å². The monoisotopic (exact) mass is 354 g/mol. The number of aromatic nitrogens is 1. The van der Waals surface area contributed by atoms with E-state index in [0.29, 0.717) is 10.9 Å². The Hall–Kier alpha value is -1.86. The number of halogens is 1. The summed E-state index contributed by atoms with van der Waals surface area (Å²) in [7, 11) is 1.27. The number of carbonyl (C=O) groups is 1. The Morgan fingerprint density at radius 2 is 2.33 bits per heavy atom. The highest BCUT2D eigenvalue weighted by Gasteiger charge is 2.14. The fraction of sp³-hybridized carbons (Fsp3) is 0.0909. The molecule has 0 aliphatic rings. The molecule has 2 rings (SSSR count). The van der Waals surface area contributed by atoms with Gasteiger partial charge in [-0.25, -0.2) is 4.79 Å². The molecule has 7 heteroatoms. The van der Waals surface area contributed by atoms with Gasteiger partial charge in [-0.3, -0.25) is 4.98 Å². The van der Waals surface area contributed by atoms with E-state index in [2.05, 4.69) is 42.3 Å². The number of ether oxygens (including phenoxy) is 1. The highest BCUT2D eigenvalue weighted by molar-refractivity contribution is 14.1. The number of nitrogens with zero attached hydrogens (tertiary/aromatic N) is 4. The molecule has 2 aromatic rings. The van der Waals surface area contributed by atoms with Crippen LogP contribution >= 0.6 is 22.6 Å². The first-order valence-corrected chi connectivity index (χ1v) is 5.97. The fourth-order valence-corrected chi connectivity index (χ4v) is 2.05. The van der Waals surface area contributed by atoms with E-state index in [1.807, 2.05) is 6.07 Å². The third-order valence-corrected chi connectivity index (χ3v) is 3.02. The highest BCUT2D eigenvalue weighted by atomic mass is 127. The molecule has 1 aromatic heterocycles. The number of azide groups is 1. The van der Waals surface area contributed by atoms with Crippen molar-refractivity contribution >= 4 is 45.2 Å². The zero-order chi connectivity index (χ0) is 13.1. The number of esters is 1. The summed E-state index contributed by atoms with van der Waals surface area (Å²) in [6, 6.07) is 5.49. The normalized spacial score (nSPS) is 9.89. The van der Waals surface area contributed by atoms with E-state index in [-0.39, 0.29) is 11.3 Å². The van der Waals surface area contributed by atoms with E-state index in [1.165, 1.54) is 13.3 Å². The van der Waals surface area contributed by atoms with Gasteiger partial charge in [-0.05, 0) is 46.3 Å². The molecule has 0 unspecified atom stereocenters. The summed E-state index contributed by atoms with van der Waals surface area (Å²) in [5, 5.41) is 4.21. The van der Waals surface area contributed by atoms with Crippen LogP contribution in [0, 0.1) is 3.57 Å². The lowest BCUT2D eigenvalue weighted by Crippen LogP contribution is -2.02. The van der Waals surface area contributed by atoms with Crippen molar-refractivity contribution in [2.45, 2.75) is 0 Å². The Kier molecular flexibility index (Phi) is 3.63. The van der Waals surface area contributed by atoms with Crippen molar-refractivity contribution < 1.29 is 9.53 Å². The summed E-state index contributed by atoms with van der Waals surface area (Å²) in [4.78, 5) is 18.5. The van der Waals surface area contributed by atoms with Crippen LogP contribution in [0.1, 0.15) is 10.4 Å². The lowest BCUT2D eigenvalue weighted by atomic mass is 10.1.